The van der Waals surface area contributed by atoms with E-state index in [1.54, 1.807) is 11.8 Å². The van der Waals surface area contributed by atoms with Crippen LogP contribution in [-0.4, -0.2) is 62.5 Å². The lowest BCUT2D eigenvalue weighted by Gasteiger charge is -2.22. The zero-order chi connectivity index (χ0) is 18.6. The number of carbonyl (C=O) groups is 2. The average molecular weight is 346 g/mol. The van der Waals surface area contributed by atoms with Gasteiger partial charge in [-0.15, -0.1) is 0 Å². The third-order valence-electron chi connectivity index (χ3n) is 4.88. The van der Waals surface area contributed by atoms with Gasteiger partial charge in [0, 0.05) is 59.9 Å². The number of hydrogen-bond acceptors (Lipinski definition) is 3. The predicted octanol–water partition coefficient (Wildman–Crippen LogP) is 2.07. The second kappa shape index (κ2) is 8.23. The summed E-state index contributed by atoms with van der Waals surface area (Å²) in [6.07, 6.45) is 0.961. The van der Waals surface area contributed by atoms with E-state index in [1.807, 2.05) is 26.0 Å². The minimum Gasteiger partial charge on any atom is -0.378 e. The van der Waals surface area contributed by atoms with Crippen LogP contribution in [0.15, 0.2) is 18.2 Å². The van der Waals surface area contributed by atoms with Gasteiger partial charge in [0.1, 0.15) is 0 Å². The summed E-state index contributed by atoms with van der Waals surface area (Å²) in [7, 11) is 5.84. The average Bonchev–Trinajstić information content (AvgIpc) is 3.01. The molecule has 1 atom stereocenters. The molecule has 0 aliphatic carbocycles. The molecule has 1 aromatic rings. The van der Waals surface area contributed by atoms with Crippen molar-refractivity contribution in [2.45, 2.75) is 26.8 Å². The van der Waals surface area contributed by atoms with Gasteiger partial charge < -0.3 is 20.0 Å². The van der Waals surface area contributed by atoms with E-state index in [0.717, 1.165) is 30.8 Å². The molecule has 3 amide bonds. The van der Waals surface area contributed by atoms with Crippen molar-refractivity contribution in [2.24, 2.45) is 5.92 Å². The highest BCUT2D eigenvalue weighted by Gasteiger charge is 2.26. The number of hydrogen-bond donors (Lipinski definition) is 1. The fourth-order valence-corrected chi connectivity index (χ4v) is 3.20. The van der Waals surface area contributed by atoms with Crippen molar-refractivity contribution >= 4 is 17.6 Å². The van der Waals surface area contributed by atoms with Crippen molar-refractivity contribution in [2.75, 3.05) is 45.7 Å². The van der Waals surface area contributed by atoms with Crippen molar-refractivity contribution in [3.63, 3.8) is 0 Å². The summed E-state index contributed by atoms with van der Waals surface area (Å²) in [5, 5.41) is 2.99. The maximum Gasteiger partial charge on any atom is 0.317 e. The molecule has 138 valence electrons. The molecule has 0 bridgehead atoms. The molecular formula is C19H30N4O2. The summed E-state index contributed by atoms with van der Waals surface area (Å²) < 4.78 is 0. The SMILES string of the molecule is CC(=O)N1CC[C@H](CN(C)C(=O)NCc2ccc(N(C)C)cc2C)C1. The third kappa shape index (κ3) is 5.11. The first-order valence-corrected chi connectivity index (χ1v) is 8.79. The summed E-state index contributed by atoms with van der Waals surface area (Å²) in [5.41, 5.74) is 3.44. The molecule has 1 aliphatic rings. The Hall–Kier alpha value is -2.24. The Bertz CT molecular complexity index is 630. The molecule has 0 aromatic heterocycles. The number of nitrogens with zero attached hydrogens (tertiary/aromatic N) is 3. The van der Waals surface area contributed by atoms with Crippen LogP contribution < -0.4 is 10.2 Å². The van der Waals surface area contributed by atoms with E-state index in [4.69, 9.17) is 0 Å². The van der Waals surface area contributed by atoms with E-state index in [9.17, 15) is 9.59 Å². The molecule has 0 unspecified atom stereocenters. The van der Waals surface area contributed by atoms with Crippen LogP contribution in [0.1, 0.15) is 24.5 Å². The van der Waals surface area contributed by atoms with E-state index in [0.29, 0.717) is 19.0 Å². The van der Waals surface area contributed by atoms with Crippen molar-refractivity contribution in [1.82, 2.24) is 15.1 Å². The Morgan fingerprint density at radius 3 is 2.56 bits per heavy atom. The zero-order valence-electron chi connectivity index (χ0n) is 16.0. The molecule has 1 heterocycles. The van der Waals surface area contributed by atoms with Gasteiger partial charge in [-0.1, -0.05) is 6.07 Å². The lowest BCUT2D eigenvalue weighted by molar-refractivity contribution is -0.127. The van der Waals surface area contributed by atoms with E-state index >= 15 is 0 Å². The van der Waals surface area contributed by atoms with Crippen LogP contribution in [0, 0.1) is 12.8 Å². The first-order chi connectivity index (χ1) is 11.8. The molecule has 2 rings (SSSR count). The van der Waals surface area contributed by atoms with Crippen LogP contribution in [0.5, 0.6) is 0 Å². The standard InChI is InChI=1S/C19H30N4O2/c1-14-10-18(21(3)4)7-6-17(14)11-20-19(25)22(5)12-16-8-9-23(13-16)15(2)24/h6-7,10,16H,8-9,11-13H2,1-5H3,(H,20,25)/t16-/m1/s1. The minimum absolute atomic E-state index is 0.0719. The van der Waals surface area contributed by atoms with Crippen LogP contribution in [-0.2, 0) is 11.3 Å². The number of likely N-dealkylation sites (tertiary alicyclic amines) is 1. The molecule has 1 saturated heterocycles. The number of benzene rings is 1. The van der Waals surface area contributed by atoms with Gasteiger partial charge in [-0.25, -0.2) is 4.79 Å². The van der Waals surface area contributed by atoms with Crippen LogP contribution in [0.2, 0.25) is 0 Å². The molecule has 0 spiro atoms. The molecule has 0 radical (unpaired) electrons. The van der Waals surface area contributed by atoms with Crippen molar-refractivity contribution in [3.8, 4) is 0 Å². The largest absolute Gasteiger partial charge is 0.378 e. The third-order valence-corrected chi connectivity index (χ3v) is 4.88. The van der Waals surface area contributed by atoms with Crippen LogP contribution in [0.3, 0.4) is 0 Å². The number of rotatable bonds is 5. The molecule has 25 heavy (non-hydrogen) atoms. The topological polar surface area (TPSA) is 55.9 Å². The first-order valence-electron chi connectivity index (χ1n) is 8.79. The van der Waals surface area contributed by atoms with Gasteiger partial charge in [-0.05, 0) is 42.5 Å². The molecule has 6 nitrogen and oxygen atoms in total. The second-order valence-electron chi connectivity index (χ2n) is 7.16. The Morgan fingerprint density at radius 1 is 1.28 bits per heavy atom. The Morgan fingerprint density at radius 2 is 2.00 bits per heavy atom. The van der Waals surface area contributed by atoms with Crippen molar-refractivity contribution < 1.29 is 9.59 Å². The van der Waals surface area contributed by atoms with Gasteiger partial charge in [0.05, 0.1) is 0 Å². The predicted molar refractivity (Wildman–Crippen MR) is 101 cm³/mol. The smallest absolute Gasteiger partial charge is 0.317 e. The lowest BCUT2D eigenvalue weighted by Crippen LogP contribution is -2.40. The highest BCUT2D eigenvalue weighted by atomic mass is 16.2. The zero-order valence-corrected chi connectivity index (χ0v) is 16.0. The van der Waals surface area contributed by atoms with Gasteiger partial charge in [0.2, 0.25) is 5.91 Å². The Labute approximate surface area is 150 Å². The van der Waals surface area contributed by atoms with Crippen molar-refractivity contribution in [1.29, 1.82) is 0 Å². The lowest BCUT2D eigenvalue weighted by atomic mass is 10.1. The number of carbonyl (C=O) groups excluding carboxylic acids is 2. The maximum absolute atomic E-state index is 12.3. The fraction of sp³-hybridized carbons (Fsp3) is 0.579. The quantitative estimate of drug-likeness (QED) is 0.888. The molecule has 1 N–H and O–H groups in total. The molecule has 1 aromatic carbocycles. The summed E-state index contributed by atoms with van der Waals surface area (Å²) in [5.74, 6) is 0.479. The van der Waals surface area contributed by atoms with Gasteiger partial charge in [-0.3, -0.25) is 4.79 Å². The number of amides is 3. The minimum atomic E-state index is -0.0719. The van der Waals surface area contributed by atoms with Crippen LogP contribution in [0.4, 0.5) is 10.5 Å². The van der Waals surface area contributed by atoms with Crippen LogP contribution in [0.25, 0.3) is 0 Å². The van der Waals surface area contributed by atoms with Gasteiger partial charge in [-0.2, -0.15) is 0 Å². The Balaban J connectivity index is 1.83. The second-order valence-corrected chi connectivity index (χ2v) is 7.16. The number of aryl methyl sites for hydroxylation is 1. The van der Waals surface area contributed by atoms with E-state index < -0.39 is 0 Å². The summed E-state index contributed by atoms with van der Waals surface area (Å²) in [4.78, 5) is 29.4. The highest BCUT2D eigenvalue weighted by Crippen LogP contribution is 2.18. The molecular weight excluding hydrogens is 316 g/mol. The number of nitrogens with one attached hydrogen (secondary N) is 1. The molecule has 0 saturated carbocycles. The fourth-order valence-electron chi connectivity index (χ4n) is 3.20. The van der Waals surface area contributed by atoms with Gasteiger partial charge in [0.25, 0.3) is 0 Å². The summed E-state index contributed by atoms with van der Waals surface area (Å²) in [6, 6.07) is 6.18. The summed E-state index contributed by atoms with van der Waals surface area (Å²) in [6.45, 7) is 6.40. The van der Waals surface area contributed by atoms with E-state index in [2.05, 4.69) is 35.3 Å². The first kappa shape index (κ1) is 19.1. The molecule has 6 heteroatoms. The van der Waals surface area contributed by atoms with Crippen LogP contribution >= 0.6 is 0 Å². The van der Waals surface area contributed by atoms with Gasteiger partial charge >= 0.3 is 6.03 Å². The normalized spacial score (nSPS) is 16.7. The van der Waals surface area contributed by atoms with E-state index in [1.165, 1.54) is 5.56 Å². The van der Waals surface area contributed by atoms with Gasteiger partial charge in [0.15, 0.2) is 0 Å². The van der Waals surface area contributed by atoms with Crippen molar-refractivity contribution in [3.05, 3.63) is 29.3 Å². The maximum atomic E-state index is 12.3. The number of anilines is 1. The molecule has 1 aliphatic heterocycles. The Kier molecular flexibility index (Phi) is 6.28. The number of urea groups is 1. The highest BCUT2D eigenvalue weighted by molar-refractivity contribution is 5.74. The molecule has 1 fully saturated rings. The monoisotopic (exact) mass is 346 g/mol. The van der Waals surface area contributed by atoms with E-state index in [-0.39, 0.29) is 11.9 Å². The summed E-state index contributed by atoms with van der Waals surface area (Å²) >= 11 is 0.